The zero-order valence-corrected chi connectivity index (χ0v) is 14.6. The van der Waals surface area contributed by atoms with Crippen LogP contribution in [-0.4, -0.2) is 47.0 Å². The normalized spacial score (nSPS) is 22.0. The third-order valence-corrected chi connectivity index (χ3v) is 4.88. The first-order chi connectivity index (χ1) is 11.0. The Hall–Kier alpha value is -1.65. The lowest BCUT2D eigenvalue weighted by Gasteiger charge is -2.31. The second-order valence-corrected chi connectivity index (χ2v) is 7.33. The fraction of sp³-hybridized carbons (Fsp3) is 0.722. The lowest BCUT2D eigenvalue weighted by atomic mass is 10.00. The maximum atomic E-state index is 12.9. The molecule has 2 aliphatic rings. The summed E-state index contributed by atoms with van der Waals surface area (Å²) in [5.41, 5.74) is 1.54. The average Bonchev–Trinajstić information content (AvgIpc) is 3.08. The Balaban J connectivity index is 1.88. The molecule has 3 heterocycles. The van der Waals surface area contributed by atoms with E-state index in [1.165, 1.54) is 19.3 Å². The van der Waals surface area contributed by atoms with Crippen molar-refractivity contribution in [3.05, 3.63) is 17.5 Å². The predicted molar refractivity (Wildman–Crippen MR) is 91.9 cm³/mol. The molecule has 5 nitrogen and oxygen atoms in total. The molecule has 2 saturated heterocycles. The predicted octanol–water partition coefficient (Wildman–Crippen LogP) is 3.07. The van der Waals surface area contributed by atoms with Crippen LogP contribution >= 0.6 is 0 Å². The minimum absolute atomic E-state index is 0.0706. The van der Waals surface area contributed by atoms with Crippen molar-refractivity contribution in [2.45, 2.75) is 52.4 Å². The van der Waals surface area contributed by atoms with E-state index in [2.05, 4.69) is 30.7 Å². The number of rotatable bonds is 3. The van der Waals surface area contributed by atoms with Crippen LogP contribution in [0.25, 0.3) is 0 Å². The summed E-state index contributed by atoms with van der Waals surface area (Å²) < 4.78 is 0. The molecule has 23 heavy (non-hydrogen) atoms. The Kier molecular flexibility index (Phi) is 4.83. The van der Waals surface area contributed by atoms with E-state index < -0.39 is 0 Å². The third-order valence-electron chi connectivity index (χ3n) is 4.88. The molecular weight excluding hydrogens is 288 g/mol. The number of carbonyl (C=O) groups is 1. The number of amides is 1. The number of anilines is 1. The van der Waals surface area contributed by atoms with E-state index >= 15 is 0 Å². The summed E-state index contributed by atoms with van der Waals surface area (Å²) in [6.07, 6.45) is 4.67. The Morgan fingerprint density at radius 3 is 2.57 bits per heavy atom. The third kappa shape index (κ3) is 3.65. The standard InChI is InChI=1S/C18H28N4O/c1-13(2)15-11-16(17(23)22-10-6-7-14(3)12-22)20-18(19-15)21-8-4-5-9-21/h11,13-14H,4-10,12H2,1-3H3/t14-/m0/s1. The van der Waals surface area contributed by atoms with E-state index in [0.29, 0.717) is 17.5 Å². The van der Waals surface area contributed by atoms with Gasteiger partial charge in [-0.15, -0.1) is 0 Å². The maximum absolute atomic E-state index is 12.9. The minimum Gasteiger partial charge on any atom is -0.341 e. The molecule has 0 aliphatic carbocycles. The number of carbonyl (C=O) groups excluding carboxylic acids is 1. The van der Waals surface area contributed by atoms with Gasteiger partial charge in [-0.05, 0) is 43.6 Å². The van der Waals surface area contributed by atoms with Crippen LogP contribution in [0.3, 0.4) is 0 Å². The van der Waals surface area contributed by atoms with E-state index in [9.17, 15) is 4.79 Å². The quantitative estimate of drug-likeness (QED) is 0.860. The summed E-state index contributed by atoms with van der Waals surface area (Å²) >= 11 is 0. The highest BCUT2D eigenvalue weighted by molar-refractivity contribution is 5.92. The zero-order chi connectivity index (χ0) is 16.4. The molecule has 0 aromatic carbocycles. The molecule has 3 rings (SSSR count). The van der Waals surface area contributed by atoms with Gasteiger partial charge in [-0.25, -0.2) is 9.97 Å². The van der Waals surface area contributed by atoms with E-state index in [4.69, 9.17) is 4.98 Å². The molecule has 0 saturated carbocycles. The van der Waals surface area contributed by atoms with Crippen molar-refractivity contribution in [2.24, 2.45) is 5.92 Å². The first-order valence-corrected chi connectivity index (χ1v) is 8.98. The van der Waals surface area contributed by atoms with Gasteiger partial charge in [-0.1, -0.05) is 20.8 Å². The Morgan fingerprint density at radius 2 is 1.91 bits per heavy atom. The van der Waals surface area contributed by atoms with Gasteiger partial charge < -0.3 is 9.80 Å². The molecule has 1 amide bonds. The van der Waals surface area contributed by atoms with Crippen molar-refractivity contribution >= 4 is 11.9 Å². The maximum Gasteiger partial charge on any atom is 0.272 e. The SMILES string of the molecule is CC(C)c1cc(C(=O)N2CCC[C@H](C)C2)nc(N2CCCC2)n1. The van der Waals surface area contributed by atoms with Crippen LogP contribution in [0.2, 0.25) is 0 Å². The van der Waals surface area contributed by atoms with Gasteiger partial charge in [0.15, 0.2) is 0 Å². The summed E-state index contributed by atoms with van der Waals surface area (Å²) in [5.74, 6) is 1.69. The number of nitrogens with zero attached hydrogens (tertiary/aromatic N) is 4. The van der Waals surface area contributed by atoms with Crippen molar-refractivity contribution in [3.8, 4) is 0 Å². The van der Waals surface area contributed by atoms with Gasteiger partial charge in [0.25, 0.3) is 5.91 Å². The second kappa shape index (κ2) is 6.85. The lowest BCUT2D eigenvalue weighted by Crippen LogP contribution is -2.39. The molecular formula is C18H28N4O. The molecule has 0 radical (unpaired) electrons. The van der Waals surface area contributed by atoms with Gasteiger partial charge in [-0.2, -0.15) is 0 Å². The topological polar surface area (TPSA) is 49.3 Å². The van der Waals surface area contributed by atoms with E-state index in [1.54, 1.807) is 0 Å². The average molecular weight is 316 g/mol. The lowest BCUT2D eigenvalue weighted by molar-refractivity contribution is 0.0677. The van der Waals surface area contributed by atoms with Crippen molar-refractivity contribution in [3.63, 3.8) is 0 Å². The van der Waals surface area contributed by atoms with Crippen molar-refractivity contribution in [1.29, 1.82) is 0 Å². The number of aromatic nitrogens is 2. The van der Waals surface area contributed by atoms with Crippen LogP contribution in [0.1, 0.15) is 68.6 Å². The monoisotopic (exact) mass is 316 g/mol. The Morgan fingerprint density at radius 1 is 1.17 bits per heavy atom. The van der Waals surface area contributed by atoms with E-state index in [1.807, 2.05) is 11.0 Å². The largest absolute Gasteiger partial charge is 0.341 e. The highest BCUT2D eigenvalue weighted by Crippen LogP contribution is 2.23. The first-order valence-electron chi connectivity index (χ1n) is 8.98. The molecule has 1 aromatic heterocycles. The minimum atomic E-state index is 0.0706. The first kappa shape index (κ1) is 16.2. The number of likely N-dealkylation sites (tertiary alicyclic amines) is 1. The van der Waals surface area contributed by atoms with Crippen LogP contribution in [-0.2, 0) is 0 Å². The molecule has 5 heteroatoms. The van der Waals surface area contributed by atoms with Crippen LogP contribution < -0.4 is 4.90 Å². The van der Waals surface area contributed by atoms with Crippen LogP contribution in [0.15, 0.2) is 6.07 Å². The van der Waals surface area contributed by atoms with Crippen molar-refractivity contribution in [1.82, 2.24) is 14.9 Å². The molecule has 0 unspecified atom stereocenters. The molecule has 1 atom stereocenters. The van der Waals surface area contributed by atoms with Gasteiger partial charge in [0.2, 0.25) is 5.95 Å². The van der Waals surface area contributed by atoms with Gasteiger partial charge in [0, 0.05) is 31.9 Å². The summed E-state index contributed by atoms with van der Waals surface area (Å²) in [4.78, 5) is 26.4. The van der Waals surface area contributed by atoms with Crippen molar-refractivity contribution in [2.75, 3.05) is 31.1 Å². The Labute approximate surface area is 139 Å². The summed E-state index contributed by atoms with van der Waals surface area (Å²) in [5, 5.41) is 0. The number of hydrogen-bond acceptors (Lipinski definition) is 4. The molecule has 0 bridgehead atoms. The van der Waals surface area contributed by atoms with Gasteiger partial charge >= 0.3 is 0 Å². The highest BCUT2D eigenvalue weighted by atomic mass is 16.2. The number of hydrogen-bond donors (Lipinski definition) is 0. The summed E-state index contributed by atoms with van der Waals surface area (Å²) in [6, 6.07) is 1.89. The highest BCUT2D eigenvalue weighted by Gasteiger charge is 2.25. The van der Waals surface area contributed by atoms with Crippen LogP contribution in [0.4, 0.5) is 5.95 Å². The smallest absolute Gasteiger partial charge is 0.272 e. The zero-order valence-electron chi connectivity index (χ0n) is 14.6. The molecule has 0 spiro atoms. The summed E-state index contributed by atoms with van der Waals surface area (Å²) in [7, 11) is 0. The fourth-order valence-corrected chi connectivity index (χ4v) is 3.45. The fourth-order valence-electron chi connectivity index (χ4n) is 3.45. The van der Waals surface area contributed by atoms with Crippen LogP contribution in [0, 0.1) is 5.92 Å². The Bertz CT molecular complexity index is 566. The van der Waals surface area contributed by atoms with Gasteiger partial charge in [0.1, 0.15) is 5.69 Å². The summed E-state index contributed by atoms with van der Waals surface area (Å²) in [6.45, 7) is 10.1. The molecule has 2 fully saturated rings. The van der Waals surface area contributed by atoms with E-state index in [0.717, 1.165) is 44.2 Å². The second-order valence-electron chi connectivity index (χ2n) is 7.33. The molecule has 1 aromatic rings. The molecule has 126 valence electrons. The van der Waals surface area contributed by atoms with Crippen LogP contribution in [0.5, 0.6) is 0 Å². The van der Waals surface area contributed by atoms with E-state index in [-0.39, 0.29) is 5.91 Å². The molecule has 2 aliphatic heterocycles. The van der Waals surface area contributed by atoms with Crippen molar-refractivity contribution < 1.29 is 4.79 Å². The van der Waals surface area contributed by atoms with Gasteiger partial charge in [-0.3, -0.25) is 4.79 Å². The number of piperidine rings is 1. The molecule has 0 N–H and O–H groups in total. The van der Waals surface area contributed by atoms with Gasteiger partial charge in [0.05, 0.1) is 0 Å².